The predicted octanol–water partition coefficient (Wildman–Crippen LogP) is 4.77. The number of benzene rings is 1. The lowest BCUT2D eigenvalue weighted by Crippen LogP contribution is -2.54. The van der Waals surface area contributed by atoms with Crippen LogP contribution >= 0.6 is 0 Å². The van der Waals surface area contributed by atoms with Crippen molar-refractivity contribution >= 4 is 5.91 Å². The Kier molecular flexibility index (Phi) is 7.46. The second-order valence-corrected chi connectivity index (χ2v) is 11.0. The van der Waals surface area contributed by atoms with Gasteiger partial charge in [0.05, 0.1) is 12.7 Å². The number of amides is 1. The van der Waals surface area contributed by atoms with E-state index in [9.17, 15) is 4.79 Å². The first kappa shape index (κ1) is 23.6. The maximum absolute atomic E-state index is 13.2. The van der Waals surface area contributed by atoms with Gasteiger partial charge in [-0.3, -0.25) is 4.79 Å². The number of methoxy groups -OCH3 is 1. The van der Waals surface area contributed by atoms with E-state index in [-0.39, 0.29) is 12.0 Å². The average molecular weight is 443 g/mol. The molecule has 1 aliphatic carbocycles. The highest BCUT2D eigenvalue weighted by Crippen LogP contribution is 2.43. The average Bonchev–Trinajstić information content (AvgIpc) is 2.72. The molecule has 3 aliphatic rings. The molecule has 1 unspecified atom stereocenters. The number of hydrogen-bond acceptors (Lipinski definition) is 4. The van der Waals surface area contributed by atoms with E-state index in [1.807, 2.05) is 46.1 Å². The van der Waals surface area contributed by atoms with Crippen molar-refractivity contribution in [3.63, 3.8) is 0 Å². The maximum Gasteiger partial charge on any atom is 0.253 e. The van der Waals surface area contributed by atoms with Gasteiger partial charge < -0.3 is 19.3 Å². The monoisotopic (exact) mass is 442 g/mol. The van der Waals surface area contributed by atoms with Crippen LogP contribution in [0.1, 0.15) is 68.3 Å². The normalized spacial score (nSPS) is 24.0. The number of nitrogens with zero attached hydrogens (tertiary/aromatic N) is 2. The smallest absolute Gasteiger partial charge is 0.253 e. The molecular weight excluding hydrogens is 400 g/mol. The van der Waals surface area contributed by atoms with E-state index < -0.39 is 0 Å². The molecule has 1 aromatic carbocycles. The summed E-state index contributed by atoms with van der Waals surface area (Å²) in [6.45, 7) is 12.3. The molecule has 4 rings (SSSR count). The van der Waals surface area contributed by atoms with E-state index in [0.717, 1.165) is 55.3 Å². The summed E-state index contributed by atoms with van der Waals surface area (Å²) in [4.78, 5) is 18.0. The van der Waals surface area contributed by atoms with E-state index in [0.29, 0.717) is 11.3 Å². The first-order valence-electron chi connectivity index (χ1n) is 12.7. The summed E-state index contributed by atoms with van der Waals surface area (Å²) < 4.78 is 11.4. The van der Waals surface area contributed by atoms with E-state index in [1.54, 1.807) is 0 Å². The third kappa shape index (κ3) is 5.48. The molecule has 0 N–H and O–H groups in total. The Morgan fingerprint density at radius 2 is 1.94 bits per heavy atom. The van der Waals surface area contributed by atoms with Crippen LogP contribution in [0.3, 0.4) is 0 Å². The lowest BCUT2D eigenvalue weighted by molar-refractivity contribution is -0.0279. The van der Waals surface area contributed by atoms with Crippen molar-refractivity contribution in [2.24, 2.45) is 17.3 Å². The van der Waals surface area contributed by atoms with Crippen LogP contribution in [0.5, 0.6) is 5.75 Å². The number of hydrogen-bond donors (Lipinski definition) is 0. The summed E-state index contributed by atoms with van der Waals surface area (Å²) in [5.74, 6) is 2.55. The first-order valence-corrected chi connectivity index (χ1v) is 12.7. The van der Waals surface area contributed by atoms with E-state index in [1.165, 1.54) is 45.3 Å². The zero-order chi connectivity index (χ0) is 22.7. The second-order valence-electron chi connectivity index (χ2n) is 11.0. The van der Waals surface area contributed by atoms with Crippen molar-refractivity contribution in [1.29, 1.82) is 0 Å². The molecule has 0 aromatic heterocycles. The van der Waals surface area contributed by atoms with Gasteiger partial charge in [0.2, 0.25) is 0 Å². The predicted molar refractivity (Wildman–Crippen MR) is 128 cm³/mol. The van der Waals surface area contributed by atoms with E-state index >= 15 is 0 Å². The molecule has 5 nitrogen and oxygen atoms in total. The maximum atomic E-state index is 13.2. The number of carbonyl (C=O) groups is 1. The quantitative estimate of drug-likeness (QED) is 0.610. The van der Waals surface area contributed by atoms with Crippen molar-refractivity contribution in [2.45, 2.75) is 65.4 Å². The third-order valence-electron chi connectivity index (χ3n) is 7.84. The van der Waals surface area contributed by atoms with Crippen molar-refractivity contribution < 1.29 is 14.3 Å². The Bertz CT molecular complexity index is 781. The lowest BCUT2D eigenvalue weighted by atomic mass is 9.69. The number of likely N-dealkylation sites (tertiary alicyclic amines) is 2. The molecule has 1 spiro atoms. The molecule has 1 amide bonds. The van der Waals surface area contributed by atoms with Gasteiger partial charge in [-0.2, -0.15) is 0 Å². The zero-order valence-corrected chi connectivity index (χ0v) is 20.6. The van der Waals surface area contributed by atoms with Gasteiger partial charge >= 0.3 is 0 Å². The minimum absolute atomic E-state index is 0.134. The number of carbonyl (C=O) groups excluding carboxylic acids is 1. The van der Waals surface area contributed by atoms with Crippen LogP contribution in [0.25, 0.3) is 0 Å². The molecule has 1 atom stereocenters. The number of ether oxygens (including phenoxy) is 2. The van der Waals surface area contributed by atoms with Crippen molar-refractivity contribution in [3.8, 4) is 5.75 Å². The van der Waals surface area contributed by atoms with Gasteiger partial charge in [0.15, 0.2) is 0 Å². The van der Waals surface area contributed by atoms with Crippen LogP contribution in [0.4, 0.5) is 0 Å². The summed E-state index contributed by atoms with van der Waals surface area (Å²) in [7, 11) is 1.83. The highest BCUT2D eigenvalue weighted by molar-refractivity contribution is 5.94. The van der Waals surface area contributed by atoms with Crippen molar-refractivity contribution in [1.82, 2.24) is 9.80 Å². The zero-order valence-electron chi connectivity index (χ0n) is 20.6. The molecule has 0 radical (unpaired) electrons. The van der Waals surface area contributed by atoms with Crippen LogP contribution in [-0.2, 0) is 4.74 Å². The summed E-state index contributed by atoms with van der Waals surface area (Å²) >= 11 is 0. The Morgan fingerprint density at radius 3 is 2.53 bits per heavy atom. The highest BCUT2D eigenvalue weighted by atomic mass is 16.5. The third-order valence-corrected chi connectivity index (χ3v) is 7.84. The van der Waals surface area contributed by atoms with Gasteiger partial charge in [0.1, 0.15) is 5.75 Å². The van der Waals surface area contributed by atoms with Crippen LogP contribution in [0.2, 0.25) is 0 Å². The molecule has 2 saturated heterocycles. The minimum atomic E-state index is 0.134. The number of piperidine rings is 2. The molecule has 3 fully saturated rings. The highest BCUT2D eigenvalue weighted by Gasteiger charge is 2.43. The van der Waals surface area contributed by atoms with Crippen LogP contribution in [0.15, 0.2) is 18.2 Å². The van der Waals surface area contributed by atoms with Crippen molar-refractivity contribution in [2.75, 3.05) is 46.4 Å². The fourth-order valence-corrected chi connectivity index (χ4v) is 6.07. The summed E-state index contributed by atoms with van der Waals surface area (Å²) in [6, 6.07) is 5.86. The summed E-state index contributed by atoms with van der Waals surface area (Å²) in [6.07, 6.45) is 7.80. The van der Waals surface area contributed by atoms with Crippen LogP contribution < -0.4 is 4.74 Å². The Hall–Kier alpha value is -1.59. The van der Waals surface area contributed by atoms with Gasteiger partial charge in [0.25, 0.3) is 5.91 Å². The van der Waals surface area contributed by atoms with E-state index in [4.69, 9.17) is 9.47 Å². The largest absolute Gasteiger partial charge is 0.491 e. The standard InChI is InChI=1S/C27H42N2O3/c1-20(2)32-25-9-8-24(14-21(25)3)26(30)29-12-10-27(11-13-29)15-23(18-31-4)17-28(19-27)16-22-6-5-7-22/h8-9,14,20,22-23H,5-7,10-13,15-19H2,1-4H3. The molecule has 178 valence electrons. The lowest BCUT2D eigenvalue weighted by Gasteiger charge is -2.51. The fourth-order valence-electron chi connectivity index (χ4n) is 6.07. The molecular formula is C27H42N2O3. The van der Waals surface area contributed by atoms with Crippen LogP contribution in [0, 0.1) is 24.2 Å². The summed E-state index contributed by atoms with van der Waals surface area (Å²) in [5, 5.41) is 0. The van der Waals surface area contributed by atoms with Gasteiger partial charge in [-0.1, -0.05) is 6.42 Å². The van der Waals surface area contributed by atoms with E-state index in [2.05, 4.69) is 9.80 Å². The van der Waals surface area contributed by atoms with Gasteiger partial charge in [0, 0.05) is 45.4 Å². The Labute approximate surface area is 194 Å². The van der Waals surface area contributed by atoms with Crippen LogP contribution in [-0.4, -0.2) is 68.3 Å². The first-order chi connectivity index (χ1) is 15.4. The number of rotatable bonds is 7. The van der Waals surface area contributed by atoms with Gasteiger partial charge in [-0.25, -0.2) is 0 Å². The molecule has 1 aromatic rings. The molecule has 32 heavy (non-hydrogen) atoms. The molecule has 5 heteroatoms. The minimum Gasteiger partial charge on any atom is -0.491 e. The second kappa shape index (κ2) is 10.1. The fraction of sp³-hybridized carbons (Fsp3) is 0.741. The molecule has 2 heterocycles. The van der Waals surface area contributed by atoms with Gasteiger partial charge in [-0.05, 0) is 93.9 Å². The number of aryl methyl sites for hydroxylation is 1. The molecule has 1 saturated carbocycles. The SMILES string of the molecule is COCC1CN(CC2CCC2)CC2(CCN(C(=O)c3ccc(OC(C)C)c(C)c3)CC2)C1. The summed E-state index contributed by atoms with van der Waals surface area (Å²) in [5.41, 5.74) is 2.15. The topological polar surface area (TPSA) is 42.0 Å². The molecule has 0 bridgehead atoms. The van der Waals surface area contributed by atoms with Gasteiger partial charge in [-0.15, -0.1) is 0 Å². The Balaban J connectivity index is 1.38. The Morgan fingerprint density at radius 1 is 1.19 bits per heavy atom. The molecule has 2 aliphatic heterocycles. The van der Waals surface area contributed by atoms with Crippen molar-refractivity contribution in [3.05, 3.63) is 29.3 Å².